The van der Waals surface area contributed by atoms with Crippen LogP contribution >= 0.6 is 11.6 Å². The van der Waals surface area contributed by atoms with Gasteiger partial charge in [0.15, 0.2) is 33.3 Å². The molecule has 0 aliphatic rings. The van der Waals surface area contributed by atoms with Crippen LogP contribution in [0, 0.1) is 6.92 Å². The number of methoxy groups -OCH3 is 1. The largest absolute Gasteiger partial charge is 0.493 e. The van der Waals surface area contributed by atoms with E-state index in [0.717, 1.165) is 5.56 Å². The number of benzene rings is 1. The summed E-state index contributed by atoms with van der Waals surface area (Å²) in [6.07, 6.45) is 2.84. The first-order valence-electron chi connectivity index (χ1n) is 9.80. The second kappa shape index (κ2) is 9.49. The van der Waals surface area contributed by atoms with E-state index in [9.17, 15) is 13.2 Å². The number of hydrogen-bond acceptors (Lipinski definition) is 8. The van der Waals surface area contributed by atoms with Crippen LogP contribution in [0.2, 0.25) is 5.15 Å². The molecule has 0 saturated carbocycles. The molecule has 10 nitrogen and oxygen atoms in total. The third kappa shape index (κ3) is 5.00. The highest BCUT2D eigenvalue weighted by Gasteiger charge is 2.24. The number of aryl methyl sites for hydroxylation is 1. The van der Waals surface area contributed by atoms with E-state index in [4.69, 9.17) is 21.1 Å². The zero-order valence-electron chi connectivity index (χ0n) is 17.9. The van der Waals surface area contributed by atoms with Crippen LogP contribution < -0.4 is 19.8 Å². The Labute approximate surface area is 199 Å². The number of pyridine rings is 2. The van der Waals surface area contributed by atoms with Crippen molar-refractivity contribution >= 4 is 27.4 Å². The molecule has 0 bridgehead atoms. The maximum atomic E-state index is 13.0. The average Bonchev–Trinajstić information content (AvgIpc) is 2.81. The summed E-state index contributed by atoms with van der Waals surface area (Å²) >= 11 is 6.41. The molecule has 12 heteroatoms. The fourth-order valence-corrected chi connectivity index (χ4v) is 4.05. The number of H-pyrrole nitrogens is 1. The van der Waals surface area contributed by atoms with Crippen LogP contribution in [0.3, 0.4) is 0 Å². The van der Waals surface area contributed by atoms with Crippen molar-refractivity contribution in [1.82, 2.24) is 19.9 Å². The Balaban J connectivity index is 1.84. The maximum Gasteiger partial charge on any atom is 0.280 e. The Hall–Kier alpha value is -3.96. The number of anilines is 1. The van der Waals surface area contributed by atoms with E-state index in [1.165, 1.54) is 31.6 Å². The summed E-state index contributed by atoms with van der Waals surface area (Å²) in [4.78, 5) is 26.7. The molecule has 4 rings (SSSR count). The van der Waals surface area contributed by atoms with Crippen LogP contribution in [-0.2, 0) is 10.0 Å². The van der Waals surface area contributed by atoms with Crippen LogP contribution in [0.15, 0.2) is 70.7 Å². The number of halogens is 1. The quantitative estimate of drug-likeness (QED) is 0.366. The van der Waals surface area contributed by atoms with E-state index in [0.29, 0.717) is 11.3 Å². The fourth-order valence-electron chi connectivity index (χ4n) is 2.90. The smallest absolute Gasteiger partial charge is 0.280 e. The van der Waals surface area contributed by atoms with Gasteiger partial charge in [-0.2, -0.15) is 8.42 Å². The standard InChI is InChI=1S/C22H18ClN5O5S/c1-13-7-8-18(25-12-13)34(30,31)28-22-19(33-16-6-4-3-5-15(16)32-2)20(23)26-21(27-22)14-9-10-24-17(29)11-14/h3-12H,1-2H3,(H,24,29)(H,26,27,28). The molecule has 0 amide bonds. The van der Waals surface area contributed by atoms with Crippen molar-refractivity contribution in [1.29, 1.82) is 0 Å². The van der Waals surface area contributed by atoms with Gasteiger partial charge >= 0.3 is 0 Å². The molecule has 0 aliphatic heterocycles. The highest BCUT2D eigenvalue weighted by Crippen LogP contribution is 2.39. The SMILES string of the molecule is COc1ccccc1Oc1c(Cl)nc(-c2cc[nH]c(=O)c2)nc1NS(=O)(=O)c1ccc(C)cn1. The molecule has 3 heterocycles. The lowest BCUT2D eigenvalue weighted by Crippen LogP contribution is -2.17. The summed E-state index contributed by atoms with van der Waals surface area (Å²) < 4.78 is 39.6. The zero-order valence-corrected chi connectivity index (χ0v) is 19.5. The van der Waals surface area contributed by atoms with E-state index in [2.05, 4.69) is 24.7 Å². The van der Waals surface area contributed by atoms with E-state index in [1.807, 2.05) is 0 Å². The summed E-state index contributed by atoms with van der Waals surface area (Å²) in [5, 5.41) is -0.417. The van der Waals surface area contributed by atoms with Crippen LogP contribution in [0.25, 0.3) is 11.4 Å². The van der Waals surface area contributed by atoms with Gasteiger partial charge in [0.25, 0.3) is 10.0 Å². The van der Waals surface area contributed by atoms with Crippen molar-refractivity contribution in [2.75, 3.05) is 11.8 Å². The Morgan fingerprint density at radius 1 is 1.06 bits per heavy atom. The van der Waals surface area contributed by atoms with Crippen molar-refractivity contribution in [3.63, 3.8) is 0 Å². The average molecular weight is 500 g/mol. The predicted molar refractivity (Wildman–Crippen MR) is 126 cm³/mol. The lowest BCUT2D eigenvalue weighted by Gasteiger charge is -2.16. The van der Waals surface area contributed by atoms with E-state index in [1.54, 1.807) is 43.3 Å². The van der Waals surface area contributed by atoms with Gasteiger partial charge < -0.3 is 14.5 Å². The van der Waals surface area contributed by atoms with Crippen molar-refractivity contribution in [2.24, 2.45) is 0 Å². The minimum absolute atomic E-state index is 0.0121. The molecule has 34 heavy (non-hydrogen) atoms. The van der Waals surface area contributed by atoms with Gasteiger partial charge in [0.1, 0.15) is 0 Å². The second-order valence-corrected chi connectivity index (χ2v) is 8.98. The predicted octanol–water partition coefficient (Wildman–Crippen LogP) is 3.79. The highest BCUT2D eigenvalue weighted by molar-refractivity contribution is 7.92. The van der Waals surface area contributed by atoms with E-state index in [-0.39, 0.29) is 33.3 Å². The number of nitrogens with one attached hydrogen (secondary N) is 2. The summed E-state index contributed by atoms with van der Waals surface area (Å²) in [6, 6.07) is 12.5. The van der Waals surface area contributed by atoms with Gasteiger partial charge in [0.05, 0.1) is 7.11 Å². The van der Waals surface area contributed by atoms with Crippen LogP contribution in [-0.4, -0.2) is 35.5 Å². The number of aromatic amines is 1. The molecule has 0 aliphatic carbocycles. The molecule has 0 unspecified atom stereocenters. The minimum Gasteiger partial charge on any atom is -0.493 e. The Morgan fingerprint density at radius 3 is 2.50 bits per heavy atom. The first-order valence-corrected chi connectivity index (χ1v) is 11.7. The van der Waals surface area contributed by atoms with Crippen molar-refractivity contribution < 1.29 is 17.9 Å². The molecule has 1 aromatic carbocycles. The summed E-state index contributed by atoms with van der Waals surface area (Å²) in [7, 11) is -2.71. The zero-order chi connectivity index (χ0) is 24.3. The van der Waals surface area contributed by atoms with Gasteiger partial charge in [0, 0.05) is 24.0 Å². The molecular weight excluding hydrogens is 482 g/mol. The lowest BCUT2D eigenvalue weighted by atomic mass is 10.2. The minimum atomic E-state index is -4.17. The third-order valence-electron chi connectivity index (χ3n) is 4.53. The summed E-state index contributed by atoms with van der Waals surface area (Å²) in [6.45, 7) is 1.79. The molecule has 0 atom stereocenters. The highest BCUT2D eigenvalue weighted by atomic mass is 35.5. The first-order chi connectivity index (χ1) is 16.3. The van der Waals surface area contributed by atoms with Crippen molar-refractivity contribution in [3.05, 3.63) is 82.0 Å². The van der Waals surface area contributed by atoms with Crippen molar-refractivity contribution in [3.8, 4) is 28.6 Å². The normalized spacial score (nSPS) is 11.1. The molecule has 0 saturated heterocycles. The van der Waals surface area contributed by atoms with Gasteiger partial charge in [-0.05, 0) is 36.8 Å². The van der Waals surface area contributed by atoms with E-state index < -0.39 is 15.6 Å². The molecular formula is C22H18ClN5O5S. The number of para-hydroxylation sites is 2. The Morgan fingerprint density at radius 2 is 1.82 bits per heavy atom. The molecule has 174 valence electrons. The monoisotopic (exact) mass is 499 g/mol. The topological polar surface area (TPSA) is 136 Å². The van der Waals surface area contributed by atoms with Gasteiger partial charge in [-0.15, -0.1) is 0 Å². The maximum absolute atomic E-state index is 13.0. The van der Waals surface area contributed by atoms with E-state index >= 15 is 0 Å². The lowest BCUT2D eigenvalue weighted by molar-refractivity contribution is 0.378. The first kappa shape index (κ1) is 23.2. The summed E-state index contributed by atoms with van der Waals surface area (Å²) in [5.74, 6) is 0.247. The van der Waals surface area contributed by atoms with Gasteiger partial charge in [-0.25, -0.2) is 15.0 Å². The fraction of sp³-hybridized carbons (Fsp3) is 0.0909. The number of hydrogen-bond donors (Lipinski definition) is 2. The Kier molecular flexibility index (Phi) is 6.48. The second-order valence-electron chi connectivity index (χ2n) is 6.99. The molecule has 0 fully saturated rings. The molecule has 3 aromatic heterocycles. The molecule has 0 spiro atoms. The number of ether oxygens (including phenoxy) is 2. The molecule has 0 radical (unpaired) electrons. The summed E-state index contributed by atoms with van der Waals surface area (Å²) in [5.41, 5.74) is 0.724. The van der Waals surface area contributed by atoms with Gasteiger partial charge in [-0.1, -0.05) is 29.8 Å². The number of nitrogens with zero attached hydrogens (tertiary/aromatic N) is 3. The molecule has 2 N–H and O–H groups in total. The Bertz CT molecular complexity index is 1510. The number of sulfonamides is 1. The van der Waals surface area contributed by atoms with Crippen LogP contribution in [0.5, 0.6) is 17.2 Å². The number of aromatic nitrogens is 4. The number of rotatable bonds is 7. The van der Waals surface area contributed by atoms with Crippen LogP contribution in [0.1, 0.15) is 5.56 Å². The van der Waals surface area contributed by atoms with Gasteiger partial charge in [0.2, 0.25) is 11.3 Å². The third-order valence-corrected chi connectivity index (χ3v) is 6.04. The molecule has 4 aromatic rings. The van der Waals surface area contributed by atoms with Crippen LogP contribution in [0.4, 0.5) is 5.82 Å². The van der Waals surface area contributed by atoms with Crippen molar-refractivity contribution in [2.45, 2.75) is 11.9 Å². The van der Waals surface area contributed by atoms with Gasteiger partial charge in [-0.3, -0.25) is 9.52 Å².